The normalized spacial score (nSPS) is 21.0. The Bertz CT molecular complexity index is 451. The summed E-state index contributed by atoms with van der Waals surface area (Å²) in [4.78, 5) is 6.48. The van der Waals surface area contributed by atoms with Crippen LogP contribution in [0.1, 0.15) is 38.8 Å². The van der Waals surface area contributed by atoms with Gasteiger partial charge in [-0.2, -0.15) is 0 Å². The van der Waals surface area contributed by atoms with Gasteiger partial charge in [0.2, 0.25) is 0 Å². The Balaban J connectivity index is 2.32. The first-order valence-corrected chi connectivity index (χ1v) is 7.78. The van der Waals surface area contributed by atoms with E-state index in [4.69, 9.17) is 4.74 Å². The van der Waals surface area contributed by atoms with Crippen molar-refractivity contribution in [2.45, 2.75) is 38.8 Å². The van der Waals surface area contributed by atoms with Gasteiger partial charge in [-0.15, -0.1) is 0 Å². The number of rotatable bonds is 6. The molecule has 0 aliphatic carbocycles. The first-order valence-electron chi connectivity index (χ1n) is 7.78. The number of morpholine rings is 1. The number of nitrogens with one attached hydrogen (secondary N) is 1. The van der Waals surface area contributed by atoms with Gasteiger partial charge in [-0.1, -0.05) is 13.8 Å². The van der Waals surface area contributed by atoms with Crippen molar-refractivity contribution in [1.82, 2.24) is 15.2 Å². The molecule has 0 aromatic carbocycles. The predicted octanol–water partition coefficient (Wildman–Crippen LogP) is 2.37. The van der Waals surface area contributed by atoms with Gasteiger partial charge >= 0.3 is 0 Å². The molecule has 0 bridgehead atoms. The van der Waals surface area contributed by atoms with Crippen molar-refractivity contribution in [3.63, 3.8) is 0 Å². The quantitative estimate of drug-likeness (QED) is 0.874. The molecule has 2 rings (SSSR count). The summed E-state index contributed by atoms with van der Waals surface area (Å²) in [5.74, 6) is -0.282. The van der Waals surface area contributed by atoms with E-state index in [0.717, 1.165) is 44.8 Å². The summed E-state index contributed by atoms with van der Waals surface area (Å²) >= 11 is 0. The largest absolute Gasteiger partial charge is 0.379 e. The third-order valence-corrected chi connectivity index (χ3v) is 4.54. The zero-order valence-corrected chi connectivity index (χ0v) is 13.2. The maximum absolute atomic E-state index is 13.6. The molecular formula is C16H26FN3O. The van der Waals surface area contributed by atoms with E-state index >= 15 is 0 Å². The molecule has 0 radical (unpaired) electrons. The Kier molecular flexibility index (Phi) is 5.67. The smallest absolute Gasteiger partial charge is 0.141 e. The molecule has 1 N–H and O–H groups in total. The minimum atomic E-state index is -0.282. The molecule has 1 aromatic heterocycles. The Morgan fingerprint density at radius 3 is 2.67 bits per heavy atom. The van der Waals surface area contributed by atoms with E-state index < -0.39 is 0 Å². The Morgan fingerprint density at radius 1 is 1.38 bits per heavy atom. The predicted molar refractivity (Wildman–Crippen MR) is 81.7 cm³/mol. The van der Waals surface area contributed by atoms with Gasteiger partial charge in [0.05, 0.1) is 25.5 Å². The summed E-state index contributed by atoms with van der Waals surface area (Å²) in [5, 5.41) is 3.53. The van der Waals surface area contributed by atoms with Crippen LogP contribution in [0, 0.1) is 5.82 Å². The first kappa shape index (κ1) is 16.3. The van der Waals surface area contributed by atoms with E-state index in [1.807, 2.05) is 0 Å². The molecule has 1 aliphatic heterocycles. The van der Waals surface area contributed by atoms with Crippen molar-refractivity contribution < 1.29 is 9.13 Å². The minimum absolute atomic E-state index is 0.0498. The molecule has 2 atom stereocenters. The van der Waals surface area contributed by atoms with Crippen LogP contribution in [-0.2, 0) is 4.74 Å². The fourth-order valence-corrected chi connectivity index (χ4v) is 3.17. The van der Waals surface area contributed by atoms with Crippen molar-refractivity contribution >= 4 is 0 Å². The van der Waals surface area contributed by atoms with Crippen molar-refractivity contribution in [3.8, 4) is 0 Å². The lowest BCUT2D eigenvalue weighted by Gasteiger charge is -2.48. The van der Waals surface area contributed by atoms with Gasteiger partial charge < -0.3 is 10.1 Å². The van der Waals surface area contributed by atoms with E-state index in [0.29, 0.717) is 0 Å². The van der Waals surface area contributed by atoms with Crippen molar-refractivity contribution in [2.75, 3.05) is 32.8 Å². The second-order valence-corrected chi connectivity index (χ2v) is 5.74. The van der Waals surface area contributed by atoms with Gasteiger partial charge in [-0.05, 0) is 31.5 Å². The van der Waals surface area contributed by atoms with Gasteiger partial charge in [-0.3, -0.25) is 9.88 Å². The number of hydrogen-bond donors (Lipinski definition) is 1. The van der Waals surface area contributed by atoms with Crippen LogP contribution in [0.15, 0.2) is 18.5 Å². The number of hydrogen-bond acceptors (Lipinski definition) is 4. The SMILES string of the molecule is CCNC(c1cncc(F)c1)C(C)(CC)N1CCOCC1. The van der Waals surface area contributed by atoms with E-state index in [-0.39, 0.29) is 17.4 Å². The summed E-state index contributed by atoms with van der Waals surface area (Å²) in [6.07, 6.45) is 4.00. The Labute approximate surface area is 126 Å². The number of likely N-dealkylation sites (N-methyl/N-ethyl adjacent to an activating group) is 1. The third-order valence-electron chi connectivity index (χ3n) is 4.54. The summed E-state index contributed by atoms with van der Waals surface area (Å²) in [6, 6.07) is 1.64. The van der Waals surface area contributed by atoms with Crippen molar-refractivity contribution in [3.05, 3.63) is 29.8 Å². The maximum atomic E-state index is 13.6. The molecule has 0 saturated carbocycles. The van der Waals surface area contributed by atoms with Gasteiger partial charge in [0.15, 0.2) is 0 Å². The van der Waals surface area contributed by atoms with Crippen LogP contribution in [0.2, 0.25) is 0 Å². The number of ether oxygens (including phenoxy) is 1. The van der Waals surface area contributed by atoms with Gasteiger partial charge in [-0.25, -0.2) is 4.39 Å². The zero-order chi connectivity index (χ0) is 15.3. The molecule has 2 unspecified atom stereocenters. The Morgan fingerprint density at radius 2 is 2.10 bits per heavy atom. The molecule has 1 saturated heterocycles. The van der Waals surface area contributed by atoms with Crippen LogP contribution < -0.4 is 5.32 Å². The fourth-order valence-electron chi connectivity index (χ4n) is 3.17. The lowest BCUT2D eigenvalue weighted by atomic mass is 9.83. The summed E-state index contributed by atoms with van der Waals surface area (Å²) in [5.41, 5.74) is 0.822. The van der Waals surface area contributed by atoms with E-state index in [2.05, 4.69) is 36.0 Å². The molecule has 1 aromatic rings. The van der Waals surface area contributed by atoms with Crippen LogP contribution in [0.3, 0.4) is 0 Å². The first-order chi connectivity index (χ1) is 10.1. The van der Waals surface area contributed by atoms with Crippen LogP contribution in [0.5, 0.6) is 0 Å². The van der Waals surface area contributed by atoms with Crippen molar-refractivity contribution in [2.24, 2.45) is 0 Å². The number of pyridine rings is 1. The lowest BCUT2D eigenvalue weighted by molar-refractivity contribution is -0.0327. The second-order valence-electron chi connectivity index (χ2n) is 5.74. The minimum Gasteiger partial charge on any atom is -0.379 e. The molecule has 0 spiro atoms. The zero-order valence-electron chi connectivity index (χ0n) is 13.2. The molecule has 21 heavy (non-hydrogen) atoms. The van der Waals surface area contributed by atoms with Gasteiger partial charge in [0.25, 0.3) is 0 Å². The molecule has 1 aliphatic rings. The highest BCUT2D eigenvalue weighted by Gasteiger charge is 2.39. The lowest BCUT2D eigenvalue weighted by Crippen LogP contribution is -2.57. The third kappa shape index (κ3) is 3.59. The molecule has 2 heterocycles. The van der Waals surface area contributed by atoms with Gasteiger partial charge in [0, 0.05) is 24.8 Å². The summed E-state index contributed by atoms with van der Waals surface area (Å²) in [7, 11) is 0. The molecule has 0 amide bonds. The molecular weight excluding hydrogens is 269 g/mol. The fraction of sp³-hybridized carbons (Fsp3) is 0.688. The maximum Gasteiger partial charge on any atom is 0.141 e. The molecule has 4 nitrogen and oxygen atoms in total. The number of halogens is 1. The van der Waals surface area contributed by atoms with E-state index in [9.17, 15) is 4.39 Å². The highest BCUT2D eigenvalue weighted by atomic mass is 19.1. The second kappa shape index (κ2) is 7.29. The van der Waals surface area contributed by atoms with E-state index in [1.165, 1.54) is 6.20 Å². The highest BCUT2D eigenvalue weighted by Crippen LogP contribution is 2.34. The van der Waals surface area contributed by atoms with Crippen LogP contribution in [0.4, 0.5) is 4.39 Å². The van der Waals surface area contributed by atoms with Gasteiger partial charge in [0.1, 0.15) is 5.82 Å². The van der Waals surface area contributed by atoms with Crippen LogP contribution in [-0.4, -0.2) is 48.3 Å². The molecule has 118 valence electrons. The van der Waals surface area contributed by atoms with Crippen molar-refractivity contribution in [1.29, 1.82) is 0 Å². The Hall–Kier alpha value is -1.04. The van der Waals surface area contributed by atoms with Crippen LogP contribution >= 0.6 is 0 Å². The summed E-state index contributed by atoms with van der Waals surface area (Å²) in [6.45, 7) is 10.7. The topological polar surface area (TPSA) is 37.4 Å². The highest BCUT2D eigenvalue weighted by molar-refractivity contribution is 5.20. The molecule has 5 heteroatoms. The average Bonchev–Trinajstić information content (AvgIpc) is 2.52. The molecule has 1 fully saturated rings. The van der Waals surface area contributed by atoms with E-state index in [1.54, 1.807) is 12.3 Å². The summed E-state index contributed by atoms with van der Waals surface area (Å²) < 4.78 is 19.0. The standard InChI is InChI=1S/C16H26FN3O/c1-4-16(3,20-6-8-21-9-7-20)15(19-5-2)13-10-14(17)12-18-11-13/h10-12,15,19H,4-9H2,1-3H3. The number of aromatic nitrogens is 1. The average molecular weight is 295 g/mol. The van der Waals surface area contributed by atoms with Crippen LogP contribution in [0.25, 0.3) is 0 Å². The number of nitrogens with zero attached hydrogens (tertiary/aromatic N) is 2. The monoisotopic (exact) mass is 295 g/mol.